The van der Waals surface area contributed by atoms with Crippen molar-refractivity contribution in [2.45, 2.75) is 19.8 Å². The molecule has 1 amide bonds. The lowest BCUT2D eigenvalue weighted by Gasteiger charge is -2.08. The molecule has 3 aromatic heterocycles. The van der Waals surface area contributed by atoms with Crippen LogP contribution in [0.1, 0.15) is 28.7 Å². The summed E-state index contributed by atoms with van der Waals surface area (Å²) in [5.74, 6) is 1.12. The number of rotatable bonds is 9. The van der Waals surface area contributed by atoms with Crippen LogP contribution in [0, 0.1) is 0 Å². The van der Waals surface area contributed by atoms with Crippen molar-refractivity contribution in [3.8, 4) is 0 Å². The molecule has 3 rings (SSSR count). The predicted molar refractivity (Wildman–Crippen MR) is 104 cm³/mol. The molecule has 10 heteroatoms. The van der Waals surface area contributed by atoms with Crippen molar-refractivity contribution in [3.05, 3.63) is 47.2 Å². The third-order valence-corrected chi connectivity index (χ3v) is 4.33. The summed E-state index contributed by atoms with van der Waals surface area (Å²) in [6.07, 6.45) is 5.10. The van der Waals surface area contributed by atoms with Crippen LogP contribution in [0.4, 0.5) is 17.3 Å². The second-order valence-electron chi connectivity index (χ2n) is 5.65. The number of hydrogen-bond donors (Lipinski definition) is 3. The second kappa shape index (κ2) is 9.53. The van der Waals surface area contributed by atoms with E-state index in [1.807, 2.05) is 31.2 Å². The molecule has 0 atom stereocenters. The minimum Gasteiger partial charge on any atom is -0.367 e. The zero-order valence-corrected chi connectivity index (χ0v) is 15.7. The van der Waals surface area contributed by atoms with E-state index in [1.54, 1.807) is 12.4 Å². The van der Waals surface area contributed by atoms with E-state index in [4.69, 9.17) is 0 Å². The summed E-state index contributed by atoms with van der Waals surface area (Å²) in [5.41, 5.74) is 1.60. The maximum absolute atomic E-state index is 12.2. The largest absolute Gasteiger partial charge is 0.367 e. The molecule has 27 heavy (non-hydrogen) atoms. The van der Waals surface area contributed by atoms with Gasteiger partial charge in [-0.15, -0.1) is 15.3 Å². The van der Waals surface area contributed by atoms with Crippen LogP contribution >= 0.6 is 11.5 Å². The Bertz CT molecular complexity index is 853. The Morgan fingerprint density at radius 3 is 2.70 bits per heavy atom. The summed E-state index contributed by atoms with van der Waals surface area (Å²) in [7, 11) is 0. The second-order valence-corrected chi connectivity index (χ2v) is 6.41. The lowest BCUT2D eigenvalue weighted by Crippen LogP contribution is -2.29. The molecule has 0 fully saturated rings. The summed E-state index contributed by atoms with van der Waals surface area (Å²) in [6, 6.07) is 7.38. The molecule has 0 aliphatic rings. The summed E-state index contributed by atoms with van der Waals surface area (Å²) in [4.78, 5) is 16.8. The van der Waals surface area contributed by atoms with Gasteiger partial charge in [-0.05, 0) is 42.2 Å². The fraction of sp³-hybridized carbons (Fsp3) is 0.294. The Morgan fingerprint density at radius 1 is 1.11 bits per heavy atom. The molecule has 3 N–H and O–H groups in total. The minimum atomic E-state index is -0.141. The van der Waals surface area contributed by atoms with Crippen LogP contribution in [0.25, 0.3) is 0 Å². The zero-order valence-electron chi connectivity index (χ0n) is 14.8. The van der Waals surface area contributed by atoms with Crippen LogP contribution in [0.2, 0.25) is 0 Å². The highest BCUT2D eigenvalue weighted by molar-refractivity contribution is 7.08. The van der Waals surface area contributed by atoms with Gasteiger partial charge in [-0.2, -0.15) is 0 Å². The van der Waals surface area contributed by atoms with Crippen molar-refractivity contribution in [2.24, 2.45) is 0 Å². The molecule has 0 saturated carbocycles. The Morgan fingerprint density at radius 2 is 1.96 bits per heavy atom. The normalized spacial score (nSPS) is 10.4. The molecule has 140 valence electrons. The van der Waals surface area contributed by atoms with E-state index in [-0.39, 0.29) is 5.91 Å². The molecular formula is C17H20N8OS. The molecule has 9 nitrogen and oxygen atoms in total. The van der Waals surface area contributed by atoms with Gasteiger partial charge in [0.2, 0.25) is 0 Å². The van der Waals surface area contributed by atoms with Crippen molar-refractivity contribution >= 4 is 34.8 Å². The zero-order chi connectivity index (χ0) is 18.9. The summed E-state index contributed by atoms with van der Waals surface area (Å²) < 4.78 is 3.86. The molecule has 0 spiro atoms. The molecule has 0 radical (unpaired) electrons. The first-order valence-electron chi connectivity index (χ1n) is 8.60. The third kappa shape index (κ3) is 5.42. The van der Waals surface area contributed by atoms with Crippen LogP contribution in [0.3, 0.4) is 0 Å². The molecule has 0 aliphatic carbocycles. The van der Waals surface area contributed by atoms with E-state index in [0.29, 0.717) is 29.6 Å². The average Bonchev–Trinajstić information content (AvgIpc) is 3.16. The van der Waals surface area contributed by atoms with E-state index in [0.717, 1.165) is 35.8 Å². The summed E-state index contributed by atoms with van der Waals surface area (Å²) >= 11 is 1.13. The number of carbonyl (C=O) groups excluding carboxylic acids is 1. The fourth-order valence-corrected chi connectivity index (χ4v) is 2.93. The Labute approximate surface area is 160 Å². The number of pyridine rings is 1. The predicted octanol–water partition coefficient (Wildman–Crippen LogP) is 2.26. The molecule has 3 heterocycles. The number of nitrogens with one attached hydrogen (secondary N) is 3. The number of anilines is 3. The third-order valence-electron chi connectivity index (χ3n) is 3.56. The Kier molecular flexibility index (Phi) is 6.58. The highest BCUT2D eigenvalue weighted by Gasteiger charge is 2.14. The van der Waals surface area contributed by atoms with Crippen LogP contribution in [0.5, 0.6) is 0 Å². The standard InChI is InChI=1S/C17H20N8OS/c1-2-4-13-16(27-25-22-13)17(26)20-10-9-19-14-6-7-15(24-23-14)21-12-5-3-8-18-11-12/h3,5-8,11H,2,4,9-10H2,1H3,(H,19,23)(H,20,26)(H,21,24). The lowest BCUT2D eigenvalue weighted by atomic mass is 10.2. The van der Waals surface area contributed by atoms with Gasteiger partial charge in [-0.25, -0.2) is 0 Å². The first-order valence-corrected chi connectivity index (χ1v) is 9.37. The topological polar surface area (TPSA) is 118 Å². The molecule has 0 aliphatic heterocycles. The van der Waals surface area contributed by atoms with Crippen molar-refractivity contribution in [1.29, 1.82) is 0 Å². The van der Waals surface area contributed by atoms with Gasteiger partial charge in [0.25, 0.3) is 5.91 Å². The van der Waals surface area contributed by atoms with E-state index >= 15 is 0 Å². The Hall–Kier alpha value is -3.14. The average molecular weight is 384 g/mol. The van der Waals surface area contributed by atoms with Gasteiger partial charge >= 0.3 is 0 Å². The number of amides is 1. The number of aromatic nitrogens is 5. The quantitative estimate of drug-likeness (QED) is 0.481. The molecule has 3 aromatic rings. The fourth-order valence-electron chi connectivity index (χ4n) is 2.31. The number of aryl methyl sites for hydroxylation is 1. The van der Waals surface area contributed by atoms with Gasteiger partial charge in [0, 0.05) is 19.3 Å². The maximum Gasteiger partial charge on any atom is 0.265 e. The first kappa shape index (κ1) is 18.6. The van der Waals surface area contributed by atoms with E-state index in [2.05, 4.69) is 40.7 Å². The molecule has 0 unspecified atom stereocenters. The summed E-state index contributed by atoms with van der Waals surface area (Å²) in [6.45, 7) is 3.04. The van der Waals surface area contributed by atoms with Crippen molar-refractivity contribution in [2.75, 3.05) is 23.7 Å². The molecule has 0 saturated heterocycles. The van der Waals surface area contributed by atoms with Crippen molar-refractivity contribution < 1.29 is 4.79 Å². The van der Waals surface area contributed by atoms with E-state index in [9.17, 15) is 4.79 Å². The highest BCUT2D eigenvalue weighted by Crippen LogP contribution is 2.13. The van der Waals surface area contributed by atoms with Crippen LogP contribution in [-0.2, 0) is 6.42 Å². The van der Waals surface area contributed by atoms with Gasteiger partial charge in [0.1, 0.15) is 10.7 Å². The van der Waals surface area contributed by atoms with Crippen molar-refractivity contribution in [1.82, 2.24) is 30.1 Å². The first-order chi connectivity index (χ1) is 13.3. The number of carbonyl (C=O) groups is 1. The van der Waals surface area contributed by atoms with Gasteiger partial charge in [-0.3, -0.25) is 9.78 Å². The van der Waals surface area contributed by atoms with E-state index in [1.165, 1.54) is 0 Å². The van der Waals surface area contributed by atoms with Crippen molar-refractivity contribution in [3.63, 3.8) is 0 Å². The highest BCUT2D eigenvalue weighted by atomic mass is 32.1. The number of hydrogen-bond acceptors (Lipinski definition) is 9. The SMILES string of the molecule is CCCc1nnsc1C(=O)NCCNc1ccc(Nc2cccnc2)nn1. The summed E-state index contributed by atoms with van der Waals surface area (Å²) in [5, 5.41) is 21.3. The van der Waals surface area contributed by atoms with E-state index < -0.39 is 0 Å². The molecular weight excluding hydrogens is 364 g/mol. The van der Waals surface area contributed by atoms with Gasteiger partial charge in [0.15, 0.2) is 5.82 Å². The van der Waals surface area contributed by atoms with Gasteiger partial charge in [-0.1, -0.05) is 17.8 Å². The van der Waals surface area contributed by atoms with Crippen LogP contribution in [0.15, 0.2) is 36.7 Å². The van der Waals surface area contributed by atoms with Crippen LogP contribution < -0.4 is 16.0 Å². The molecule has 0 aromatic carbocycles. The lowest BCUT2D eigenvalue weighted by molar-refractivity contribution is 0.0958. The van der Waals surface area contributed by atoms with Gasteiger partial charge < -0.3 is 16.0 Å². The number of nitrogens with zero attached hydrogens (tertiary/aromatic N) is 5. The maximum atomic E-state index is 12.2. The minimum absolute atomic E-state index is 0.141. The monoisotopic (exact) mass is 384 g/mol. The van der Waals surface area contributed by atoms with Gasteiger partial charge in [0.05, 0.1) is 17.6 Å². The van der Waals surface area contributed by atoms with Crippen LogP contribution in [-0.4, -0.2) is 43.8 Å². The smallest absolute Gasteiger partial charge is 0.265 e. The molecule has 0 bridgehead atoms. The Balaban J connectivity index is 1.42.